The molecule has 0 saturated heterocycles. The quantitative estimate of drug-likeness (QED) is 0.124. The van der Waals surface area contributed by atoms with Gasteiger partial charge < -0.3 is 47.8 Å². The third kappa shape index (κ3) is 9.40. The Hall–Kier alpha value is -3.75. The fraction of sp³-hybridized carbons (Fsp3) is 0.450. The van der Waals surface area contributed by atoms with Gasteiger partial charge in [-0.25, -0.2) is 4.79 Å². The fourth-order valence-electron chi connectivity index (χ4n) is 2.71. The zero-order chi connectivity index (χ0) is 25.8. The number of hydrogen-bond acceptors (Lipinski definition) is 9. The molecule has 4 unspecified atom stereocenters. The van der Waals surface area contributed by atoms with Crippen LogP contribution in [0.4, 0.5) is 0 Å². The van der Waals surface area contributed by atoms with E-state index in [0.717, 1.165) is 0 Å². The van der Waals surface area contributed by atoms with Gasteiger partial charge in [-0.3, -0.25) is 19.2 Å². The van der Waals surface area contributed by atoms with Crippen LogP contribution in [0.5, 0.6) is 5.75 Å². The van der Waals surface area contributed by atoms with Crippen molar-refractivity contribution in [2.75, 3.05) is 13.2 Å². The molecule has 1 aromatic carbocycles. The van der Waals surface area contributed by atoms with E-state index < -0.39 is 67.0 Å². The second-order valence-corrected chi connectivity index (χ2v) is 7.37. The number of carboxylic acids is 1. The van der Waals surface area contributed by atoms with Gasteiger partial charge in [0.15, 0.2) is 0 Å². The van der Waals surface area contributed by atoms with Gasteiger partial charge in [-0.05, 0) is 24.1 Å². The smallest absolute Gasteiger partial charge is 0.328 e. The number of carbonyl (C=O) groups excluding carboxylic acids is 4. The highest BCUT2D eigenvalue weighted by atomic mass is 16.4. The molecular formula is C20H29N5O9. The highest BCUT2D eigenvalue weighted by Gasteiger charge is 2.30. The summed E-state index contributed by atoms with van der Waals surface area (Å²) in [7, 11) is 0. The maximum Gasteiger partial charge on any atom is 0.328 e. The highest BCUT2D eigenvalue weighted by Crippen LogP contribution is 2.12. The van der Waals surface area contributed by atoms with Crippen molar-refractivity contribution in [1.82, 2.24) is 16.0 Å². The van der Waals surface area contributed by atoms with Gasteiger partial charge in [0.05, 0.1) is 19.3 Å². The molecule has 0 heterocycles. The van der Waals surface area contributed by atoms with Gasteiger partial charge in [-0.2, -0.15) is 0 Å². The minimum atomic E-state index is -1.66. The third-order valence-corrected chi connectivity index (χ3v) is 4.66. The topological polar surface area (TPSA) is 254 Å². The monoisotopic (exact) mass is 483 g/mol. The van der Waals surface area contributed by atoms with E-state index in [1.807, 2.05) is 5.32 Å². The lowest BCUT2D eigenvalue weighted by Gasteiger charge is -2.24. The molecule has 0 aliphatic heterocycles. The first kappa shape index (κ1) is 28.3. The van der Waals surface area contributed by atoms with Crippen molar-refractivity contribution in [3.05, 3.63) is 29.8 Å². The van der Waals surface area contributed by atoms with Crippen LogP contribution in [0.15, 0.2) is 24.3 Å². The molecule has 0 spiro atoms. The van der Waals surface area contributed by atoms with Crippen molar-refractivity contribution in [1.29, 1.82) is 0 Å². The van der Waals surface area contributed by atoms with E-state index in [2.05, 4.69) is 10.6 Å². The molecule has 4 amide bonds. The summed E-state index contributed by atoms with van der Waals surface area (Å²) in [5.74, 6) is -4.99. The number of aliphatic hydroxyl groups excluding tert-OH is 2. The number of phenolic OH excluding ortho intramolecular Hbond substituents is 1. The van der Waals surface area contributed by atoms with E-state index in [4.69, 9.17) is 21.7 Å². The van der Waals surface area contributed by atoms with Crippen LogP contribution in [-0.4, -0.2) is 87.4 Å². The Kier molecular flexibility index (Phi) is 11.4. The van der Waals surface area contributed by atoms with Gasteiger partial charge in [0.2, 0.25) is 23.6 Å². The Bertz CT molecular complexity index is 878. The Balaban J connectivity index is 2.99. The van der Waals surface area contributed by atoms with Crippen molar-refractivity contribution < 1.29 is 44.4 Å². The molecule has 14 heteroatoms. The number of nitrogens with two attached hydrogens (primary N) is 2. The molecule has 0 saturated carbocycles. The van der Waals surface area contributed by atoms with Gasteiger partial charge in [-0.15, -0.1) is 0 Å². The molecule has 11 N–H and O–H groups in total. The third-order valence-electron chi connectivity index (χ3n) is 4.66. The van der Waals surface area contributed by atoms with E-state index in [9.17, 15) is 34.2 Å². The van der Waals surface area contributed by atoms with Crippen LogP contribution in [0.2, 0.25) is 0 Å². The van der Waals surface area contributed by atoms with Crippen LogP contribution < -0.4 is 27.4 Å². The number of carboxylic acid groups (broad SMARTS) is 1. The molecule has 188 valence electrons. The lowest BCUT2D eigenvalue weighted by molar-refractivity contribution is -0.143. The Morgan fingerprint density at radius 3 is 1.82 bits per heavy atom. The molecular weight excluding hydrogens is 454 g/mol. The fourth-order valence-corrected chi connectivity index (χ4v) is 2.71. The normalized spacial score (nSPS) is 14.2. The first-order valence-electron chi connectivity index (χ1n) is 10.2. The van der Waals surface area contributed by atoms with Crippen molar-refractivity contribution in [2.24, 2.45) is 11.5 Å². The van der Waals surface area contributed by atoms with Crippen molar-refractivity contribution in [3.8, 4) is 5.75 Å². The molecule has 0 fully saturated rings. The molecule has 34 heavy (non-hydrogen) atoms. The van der Waals surface area contributed by atoms with E-state index in [1.54, 1.807) is 0 Å². The lowest BCUT2D eigenvalue weighted by atomic mass is 10.0. The molecule has 14 nitrogen and oxygen atoms in total. The summed E-state index contributed by atoms with van der Waals surface area (Å²) in [4.78, 5) is 59.4. The van der Waals surface area contributed by atoms with Crippen molar-refractivity contribution in [3.63, 3.8) is 0 Å². The molecule has 0 aliphatic carbocycles. The Labute approximate surface area is 194 Å². The molecule has 4 atom stereocenters. The lowest BCUT2D eigenvalue weighted by Crippen LogP contribution is -2.58. The standard InChI is InChI=1S/C20H29N5O9/c21-12(5-6-16(22)29)17(30)23-13(7-10-1-3-11(28)4-2-10)18(31)24-14(8-26)19(32)25-15(9-27)20(33)34/h1-4,12-15,26-28H,5-9,21H2,(H2,22,29)(H,23,30)(H,24,31)(H,25,32)(H,33,34). The highest BCUT2D eigenvalue weighted by molar-refractivity contribution is 5.94. The van der Waals surface area contributed by atoms with Crippen LogP contribution in [0.25, 0.3) is 0 Å². The molecule has 1 aromatic rings. The van der Waals surface area contributed by atoms with Crippen LogP contribution >= 0.6 is 0 Å². The summed E-state index contributed by atoms with van der Waals surface area (Å²) < 4.78 is 0. The number of nitrogens with one attached hydrogen (secondary N) is 3. The van der Waals surface area contributed by atoms with Crippen molar-refractivity contribution in [2.45, 2.75) is 43.4 Å². The minimum absolute atomic E-state index is 0.0313. The predicted octanol–water partition coefficient (Wildman–Crippen LogP) is -3.95. The number of aromatic hydroxyl groups is 1. The largest absolute Gasteiger partial charge is 0.508 e. The number of aliphatic hydroxyl groups is 2. The van der Waals surface area contributed by atoms with Crippen LogP contribution in [-0.2, 0) is 30.4 Å². The minimum Gasteiger partial charge on any atom is -0.508 e. The van der Waals surface area contributed by atoms with Crippen molar-refractivity contribution >= 4 is 29.6 Å². The molecule has 0 bridgehead atoms. The van der Waals surface area contributed by atoms with Gasteiger partial charge in [-0.1, -0.05) is 12.1 Å². The number of phenols is 1. The molecule has 0 aliphatic rings. The zero-order valence-electron chi connectivity index (χ0n) is 18.1. The van der Waals surface area contributed by atoms with Crippen LogP contribution in [0.3, 0.4) is 0 Å². The maximum absolute atomic E-state index is 12.9. The number of hydrogen-bond donors (Lipinski definition) is 9. The van der Waals surface area contributed by atoms with E-state index in [-0.39, 0.29) is 25.0 Å². The second-order valence-electron chi connectivity index (χ2n) is 7.37. The summed E-state index contributed by atoms with van der Waals surface area (Å²) in [5, 5.41) is 43.5. The number of carbonyl (C=O) groups is 5. The number of benzene rings is 1. The molecule has 1 rings (SSSR count). The second kappa shape index (κ2) is 13.7. The number of primary amides is 1. The van der Waals surface area contributed by atoms with E-state index in [1.165, 1.54) is 24.3 Å². The number of rotatable bonds is 14. The zero-order valence-corrected chi connectivity index (χ0v) is 18.1. The average molecular weight is 483 g/mol. The molecule has 0 radical (unpaired) electrons. The van der Waals surface area contributed by atoms with Gasteiger partial charge >= 0.3 is 5.97 Å². The predicted molar refractivity (Wildman–Crippen MR) is 116 cm³/mol. The average Bonchev–Trinajstić information content (AvgIpc) is 2.79. The summed E-state index contributed by atoms with van der Waals surface area (Å²) in [5.41, 5.74) is 11.3. The van der Waals surface area contributed by atoms with Gasteiger partial charge in [0.1, 0.15) is 23.9 Å². The summed E-state index contributed by atoms with van der Waals surface area (Å²) in [6, 6.07) is -0.0245. The van der Waals surface area contributed by atoms with Gasteiger partial charge in [0, 0.05) is 12.8 Å². The number of amides is 4. The van der Waals surface area contributed by atoms with Crippen LogP contribution in [0, 0.1) is 0 Å². The SMILES string of the molecule is NC(=O)CCC(N)C(=O)NC(Cc1ccc(O)cc1)C(=O)NC(CO)C(=O)NC(CO)C(=O)O. The van der Waals surface area contributed by atoms with E-state index >= 15 is 0 Å². The summed E-state index contributed by atoms with van der Waals surface area (Å²) in [6.45, 7) is -1.83. The summed E-state index contributed by atoms with van der Waals surface area (Å²) in [6.07, 6.45) is -0.339. The first-order chi connectivity index (χ1) is 16.0. The van der Waals surface area contributed by atoms with Gasteiger partial charge in [0.25, 0.3) is 0 Å². The maximum atomic E-state index is 12.9. The van der Waals surface area contributed by atoms with Crippen LogP contribution in [0.1, 0.15) is 18.4 Å². The Morgan fingerprint density at radius 2 is 1.32 bits per heavy atom. The number of aliphatic carboxylic acids is 1. The summed E-state index contributed by atoms with van der Waals surface area (Å²) >= 11 is 0. The first-order valence-corrected chi connectivity index (χ1v) is 10.2. The Morgan fingerprint density at radius 1 is 0.824 bits per heavy atom. The molecule has 0 aromatic heterocycles. The van der Waals surface area contributed by atoms with E-state index in [0.29, 0.717) is 5.56 Å².